The average molecular weight is 289 g/mol. The zero-order valence-electron chi connectivity index (χ0n) is 13.4. The second-order valence-corrected chi connectivity index (χ2v) is 6.10. The predicted octanol–water partition coefficient (Wildman–Crippen LogP) is 1.60. The molecule has 1 saturated heterocycles. The number of likely N-dealkylation sites (tertiary alicyclic amines) is 1. The van der Waals surface area contributed by atoms with E-state index >= 15 is 0 Å². The Morgan fingerprint density at radius 1 is 1.19 bits per heavy atom. The van der Waals surface area contributed by atoms with Crippen molar-refractivity contribution >= 4 is 5.91 Å². The van der Waals surface area contributed by atoms with E-state index in [1.54, 1.807) is 7.05 Å². The fourth-order valence-corrected chi connectivity index (χ4v) is 3.01. The Morgan fingerprint density at radius 3 is 2.38 bits per heavy atom. The highest BCUT2D eigenvalue weighted by molar-refractivity contribution is 5.77. The first-order chi connectivity index (χ1) is 10.1. The number of rotatable bonds is 5. The van der Waals surface area contributed by atoms with Crippen molar-refractivity contribution in [1.29, 1.82) is 0 Å². The fraction of sp³-hybridized carbons (Fsp3) is 0.588. The molecule has 0 radical (unpaired) electrons. The molecule has 4 heteroatoms. The van der Waals surface area contributed by atoms with Gasteiger partial charge in [-0.25, -0.2) is 0 Å². The number of carbonyl (C=O) groups is 1. The Morgan fingerprint density at radius 2 is 1.81 bits per heavy atom. The summed E-state index contributed by atoms with van der Waals surface area (Å²) in [5.74, 6) is 0.108. The summed E-state index contributed by atoms with van der Waals surface area (Å²) >= 11 is 0. The first-order valence-corrected chi connectivity index (χ1v) is 7.80. The van der Waals surface area contributed by atoms with E-state index in [0.29, 0.717) is 12.6 Å². The second kappa shape index (κ2) is 7.57. The smallest absolute Gasteiger partial charge is 0.233 e. The van der Waals surface area contributed by atoms with Crippen LogP contribution in [0.1, 0.15) is 29.5 Å². The summed E-state index contributed by atoms with van der Waals surface area (Å²) in [6.45, 7) is 7.75. The molecular formula is C17H27N3O. The van der Waals surface area contributed by atoms with Crippen molar-refractivity contribution in [3.8, 4) is 0 Å². The SMILES string of the molecule is CNC(=O)CN1CCC(NCc2cc(C)cc(C)c2)CC1. The van der Waals surface area contributed by atoms with Gasteiger partial charge < -0.3 is 10.6 Å². The van der Waals surface area contributed by atoms with Crippen molar-refractivity contribution in [3.05, 3.63) is 34.9 Å². The molecule has 0 bridgehead atoms. The third kappa shape index (κ3) is 5.14. The van der Waals surface area contributed by atoms with Crippen LogP contribution in [-0.2, 0) is 11.3 Å². The maximum atomic E-state index is 11.4. The Bertz CT molecular complexity index is 459. The molecule has 0 spiro atoms. The standard InChI is InChI=1S/C17H27N3O/c1-13-8-14(2)10-15(9-13)11-19-16-4-6-20(7-5-16)12-17(21)18-3/h8-10,16,19H,4-7,11-12H2,1-3H3,(H,18,21). The highest BCUT2D eigenvalue weighted by Gasteiger charge is 2.19. The Labute approximate surface area is 127 Å². The van der Waals surface area contributed by atoms with Crippen LogP contribution < -0.4 is 10.6 Å². The molecule has 116 valence electrons. The van der Waals surface area contributed by atoms with Crippen molar-refractivity contribution in [2.75, 3.05) is 26.7 Å². The number of nitrogens with zero attached hydrogens (tertiary/aromatic N) is 1. The molecule has 0 saturated carbocycles. The first kappa shape index (κ1) is 16.0. The number of piperidine rings is 1. The number of likely N-dealkylation sites (N-methyl/N-ethyl adjacent to an activating group) is 1. The van der Waals surface area contributed by atoms with Crippen LogP contribution >= 0.6 is 0 Å². The van der Waals surface area contributed by atoms with E-state index in [-0.39, 0.29) is 5.91 Å². The molecule has 0 unspecified atom stereocenters. The van der Waals surface area contributed by atoms with Crippen molar-refractivity contribution in [2.45, 2.75) is 39.3 Å². The molecule has 0 atom stereocenters. The minimum Gasteiger partial charge on any atom is -0.358 e. The van der Waals surface area contributed by atoms with Crippen LogP contribution in [0.3, 0.4) is 0 Å². The minimum absolute atomic E-state index is 0.108. The molecule has 2 N–H and O–H groups in total. The zero-order valence-corrected chi connectivity index (χ0v) is 13.4. The number of hydrogen-bond donors (Lipinski definition) is 2. The molecule has 1 amide bonds. The molecular weight excluding hydrogens is 262 g/mol. The summed E-state index contributed by atoms with van der Waals surface area (Å²) < 4.78 is 0. The number of aryl methyl sites for hydroxylation is 2. The van der Waals surface area contributed by atoms with E-state index in [1.165, 1.54) is 16.7 Å². The lowest BCUT2D eigenvalue weighted by Gasteiger charge is -2.31. The molecule has 1 aromatic carbocycles. The van der Waals surface area contributed by atoms with Gasteiger partial charge >= 0.3 is 0 Å². The van der Waals surface area contributed by atoms with Gasteiger partial charge in [-0.1, -0.05) is 29.3 Å². The predicted molar refractivity (Wildman–Crippen MR) is 86.3 cm³/mol. The third-order valence-corrected chi connectivity index (χ3v) is 4.11. The highest BCUT2D eigenvalue weighted by atomic mass is 16.1. The Kier molecular flexibility index (Phi) is 5.76. The van der Waals surface area contributed by atoms with Gasteiger partial charge in [0.25, 0.3) is 0 Å². The first-order valence-electron chi connectivity index (χ1n) is 7.80. The highest BCUT2D eigenvalue weighted by Crippen LogP contribution is 2.13. The van der Waals surface area contributed by atoms with Crippen LogP contribution in [0.25, 0.3) is 0 Å². The molecule has 1 aliphatic heterocycles. The third-order valence-electron chi connectivity index (χ3n) is 4.11. The van der Waals surface area contributed by atoms with Crippen molar-refractivity contribution < 1.29 is 4.79 Å². The van der Waals surface area contributed by atoms with Crippen molar-refractivity contribution in [3.63, 3.8) is 0 Å². The van der Waals surface area contributed by atoms with Crippen molar-refractivity contribution in [2.24, 2.45) is 0 Å². The lowest BCUT2D eigenvalue weighted by Crippen LogP contribution is -2.45. The van der Waals surface area contributed by atoms with E-state index in [9.17, 15) is 4.79 Å². The molecule has 0 aliphatic carbocycles. The number of amides is 1. The van der Waals surface area contributed by atoms with Gasteiger partial charge in [0.05, 0.1) is 6.54 Å². The minimum atomic E-state index is 0.108. The van der Waals surface area contributed by atoms with Gasteiger partial charge in [0.2, 0.25) is 5.91 Å². The summed E-state index contributed by atoms with van der Waals surface area (Å²) in [5, 5.41) is 6.34. The zero-order chi connectivity index (χ0) is 15.2. The van der Waals surface area contributed by atoms with E-state index < -0.39 is 0 Å². The average Bonchev–Trinajstić information content (AvgIpc) is 2.45. The van der Waals surface area contributed by atoms with Crippen LogP contribution in [0.5, 0.6) is 0 Å². The summed E-state index contributed by atoms with van der Waals surface area (Å²) in [5.41, 5.74) is 4.01. The number of nitrogens with one attached hydrogen (secondary N) is 2. The summed E-state index contributed by atoms with van der Waals surface area (Å²) in [6, 6.07) is 7.27. The molecule has 21 heavy (non-hydrogen) atoms. The summed E-state index contributed by atoms with van der Waals surface area (Å²) in [7, 11) is 1.69. The van der Waals surface area contributed by atoms with Gasteiger partial charge in [-0.05, 0) is 32.3 Å². The number of benzene rings is 1. The molecule has 1 heterocycles. The molecule has 0 aromatic heterocycles. The maximum Gasteiger partial charge on any atom is 0.233 e. The largest absolute Gasteiger partial charge is 0.358 e. The molecule has 1 aliphatic rings. The van der Waals surface area contributed by atoms with Gasteiger partial charge in [-0.15, -0.1) is 0 Å². The number of carbonyl (C=O) groups excluding carboxylic acids is 1. The van der Waals surface area contributed by atoms with Crippen LogP contribution in [0, 0.1) is 13.8 Å². The van der Waals surface area contributed by atoms with E-state index in [0.717, 1.165) is 32.5 Å². The van der Waals surface area contributed by atoms with Gasteiger partial charge in [-0.2, -0.15) is 0 Å². The second-order valence-electron chi connectivity index (χ2n) is 6.10. The lowest BCUT2D eigenvalue weighted by atomic mass is 10.0. The summed E-state index contributed by atoms with van der Waals surface area (Å²) in [4.78, 5) is 13.6. The quantitative estimate of drug-likeness (QED) is 0.865. The van der Waals surface area contributed by atoms with E-state index in [1.807, 2.05) is 0 Å². The van der Waals surface area contributed by atoms with E-state index in [2.05, 4.69) is 47.6 Å². The Hall–Kier alpha value is -1.39. The van der Waals surface area contributed by atoms with Gasteiger partial charge in [0.1, 0.15) is 0 Å². The lowest BCUT2D eigenvalue weighted by molar-refractivity contribution is -0.122. The topological polar surface area (TPSA) is 44.4 Å². The molecule has 4 nitrogen and oxygen atoms in total. The molecule has 1 aromatic rings. The van der Waals surface area contributed by atoms with Gasteiger partial charge in [-0.3, -0.25) is 9.69 Å². The van der Waals surface area contributed by atoms with Crippen LogP contribution in [0.4, 0.5) is 0 Å². The van der Waals surface area contributed by atoms with Gasteiger partial charge in [0.15, 0.2) is 0 Å². The van der Waals surface area contributed by atoms with Crippen LogP contribution in [0.2, 0.25) is 0 Å². The fourth-order valence-electron chi connectivity index (χ4n) is 3.01. The maximum absolute atomic E-state index is 11.4. The van der Waals surface area contributed by atoms with Crippen LogP contribution in [0.15, 0.2) is 18.2 Å². The summed E-state index contributed by atoms with van der Waals surface area (Å²) in [6.07, 6.45) is 2.23. The Balaban J connectivity index is 1.75. The molecule has 1 fully saturated rings. The van der Waals surface area contributed by atoms with Gasteiger partial charge in [0, 0.05) is 32.7 Å². The monoisotopic (exact) mass is 289 g/mol. The van der Waals surface area contributed by atoms with Crippen LogP contribution in [-0.4, -0.2) is 43.5 Å². The van der Waals surface area contributed by atoms with E-state index in [4.69, 9.17) is 0 Å². The number of hydrogen-bond acceptors (Lipinski definition) is 3. The van der Waals surface area contributed by atoms with Crippen molar-refractivity contribution in [1.82, 2.24) is 15.5 Å². The normalized spacial score (nSPS) is 16.9. The molecule has 2 rings (SSSR count).